The SMILES string of the molecule is CC1(C)OC[C@@H]2CC3C(=CC[C@@]4(C)C3CC[C@]4(C(=O)CCl)O1)[C@@]1(C)C=CC(=O)C=C21. The number of allylic oxidation sites excluding steroid dienone is 5. The van der Waals surface area contributed by atoms with E-state index in [1.807, 2.05) is 19.9 Å². The Bertz CT molecular complexity index is 914. The molecule has 2 saturated carbocycles. The van der Waals surface area contributed by atoms with E-state index >= 15 is 0 Å². The molecule has 0 aromatic carbocycles. The van der Waals surface area contributed by atoms with E-state index in [2.05, 4.69) is 26.0 Å². The lowest BCUT2D eigenvalue weighted by Crippen LogP contribution is -2.61. The molecule has 5 heteroatoms. The van der Waals surface area contributed by atoms with Gasteiger partial charge in [-0.1, -0.05) is 24.6 Å². The molecule has 6 atom stereocenters. The van der Waals surface area contributed by atoms with Crippen LogP contribution in [0.5, 0.6) is 0 Å². The van der Waals surface area contributed by atoms with Crippen LogP contribution in [0.1, 0.15) is 53.4 Å². The molecule has 1 heterocycles. The molecule has 0 radical (unpaired) electrons. The molecule has 3 fully saturated rings. The van der Waals surface area contributed by atoms with Crippen molar-refractivity contribution < 1.29 is 19.1 Å². The van der Waals surface area contributed by atoms with E-state index in [4.69, 9.17) is 21.1 Å². The van der Waals surface area contributed by atoms with E-state index in [-0.39, 0.29) is 34.2 Å². The number of rotatable bonds is 2. The van der Waals surface area contributed by atoms with Crippen LogP contribution >= 0.6 is 11.6 Å². The number of Topliss-reactive ketones (excluding diaryl/α,β-unsaturated/α-hetero) is 1. The minimum absolute atomic E-state index is 0.0226. The summed E-state index contributed by atoms with van der Waals surface area (Å²) < 4.78 is 13.0. The van der Waals surface area contributed by atoms with Gasteiger partial charge in [0.2, 0.25) is 0 Å². The van der Waals surface area contributed by atoms with Gasteiger partial charge in [-0.25, -0.2) is 0 Å². The third-order valence-corrected chi connectivity index (χ3v) is 9.10. The molecule has 1 saturated heterocycles. The lowest BCUT2D eigenvalue weighted by Gasteiger charge is -2.58. The molecule has 0 amide bonds. The fraction of sp³-hybridized carbons (Fsp3) is 0.680. The number of fused-ring (bicyclic) bond motifs is 4. The molecule has 162 valence electrons. The lowest BCUT2D eigenvalue weighted by atomic mass is 9.49. The highest BCUT2D eigenvalue weighted by Gasteiger charge is 2.67. The first-order valence-corrected chi connectivity index (χ1v) is 11.7. The van der Waals surface area contributed by atoms with Gasteiger partial charge in [0.15, 0.2) is 17.4 Å². The summed E-state index contributed by atoms with van der Waals surface area (Å²) >= 11 is 6.13. The summed E-state index contributed by atoms with van der Waals surface area (Å²) in [6.45, 7) is 8.75. The number of halogens is 1. The van der Waals surface area contributed by atoms with Crippen LogP contribution in [-0.2, 0) is 19.1 Å². The maximum Gasteiger partial charge on any atom is 0.180 e. The Morgan fingerprint density at radius 2 is 2.00 bits per heavy atom. The summed E-state index contributed by atoms with van der Waals surface area (Å²) in [5.74, 6) is -0.0597. The molecular weight excluding hydrogens is 400 g/mol. The number of hydrogen-bond donors (Lipinski definition) is 0. The first-order valence-electron chi connectivity index (χ1n) is 11.2. The molecule has 30 heavy (non-hydrogen) atoms. The normalized spacial score (nSPS) is 46.2. The second-order valence-corrected chi connectivity index (χ2v) is 11.0. The molecule has 0 aromatic rings. The molecule has 0 N–H and O–H groups in total. The van der Waals surface area contributed by atoms with E-state index in [0.29, 0.717) is 24.9 Å². The van der Waals surface area contributed by atoms with Crippen molar-refractivity contribution in [1.29, 1.82) is 0 Å². The van der Waals surface area contributed by atoms with Crippen molar-refractivity contribution in [3.63, 3.8) is 0 Å². The fourth-order valence-corrected chi connectivity index (χ4v) is 7.65. The number of hydrogen-bond acceptors (Lipinski definition) is 4. The molecule has 5 bridgehead atoms. The van der Waals surface area contributed by atoms with Crippen molar-refractivity contribution >= 4 is 23.2 Å². The molecular formula is C25H31ClO4. The minimum atomic E-state index is -0.923. The van der Waals surface area contributed by atoms with Gasteiger partial charge in [-0.3, -0.25) is 9.59 Å². The molecule has 5 aliphatic rings. The van der Waals surface area contributed by atoms with Gasteiger partial charge in [-0.2, -0.15) is 0 Å². The standard InChI is InChI=1S/C25H31ClO4/c1-22(2)29-14-15-11-17-18(23(3)8-5-16(27)12-20(15)23)6-9-24(4)19(17)7-10-25(24,30-22)21(28)13-26/h5-6,8,12,15,17,19H,7,9-11,13-14H2,1-4H3/t15-,17?,19?,23+,24-,25+/m0/s1. The van der Waals surface area contributed by atoms with Crippen LogP contribution in [0.25, 0.3) is 0 Å². The van der Waals surface area contributed by atoms with E-state index in [1.54, 1.807) is 6.08 Å². The topological polar surface area (TPSA) is 52.6 Å². The number of carbonyl (C=O) groups excluding carboxylic acids is 2. The summed E-state index contributed by atoms with van der Waals surface area (Å²) in [4.78, 5) is 25.6. The van der Waals surface area contributed by atoms with Crippen LogP contribution in [0.4, 0.5) is 0 Å². The van der Waals surface area contributed by atoms with Crippen molar-refractivity contribution in [2.24, 2.45) is 28.6 Å². The highest BCUT2D eigenvalue weighted by molar-refractivity contribution is 6.29. The van der Waals surface area contributed by atoms with Gasteiger partial charge in [0.25, 0.3) is 0 Å². The third-order valence-electron chi connectivity index (χ3n) is 8.86. The molecule has 4 nitrogen and oxygen atoms in total. The van der Waals surface area contributed by atoms with Crippen LogP contribution in [0.2, 0.25) is 0 Å². The Morgan fingerprint density at radius 1 is 1.23 bits per heavy atom. The number of carbonyl (C=O) groups is 2. The van der Waals surface area contributed by atoms with Gasteiger partial charge in [0, 0.05) is 16.7 Å². The van der Waals surface area contributed by atoms with Crippen molar-refractivity contribution in [3.8, 4) is 0 Å². The van der Waals surface area contributed by atoms with Crippen LogP contribution in [0.3, 0.4) is 0 Å². The van der Waals surface area contributed by atoms with Crippen LogP contribution in [0, 0.1) is 28.6 Å². The third kappa shape index (κ3) is 2.53. The zero-order valence-corrected chi connectivity index (χ0v) is 19.1. The molecule has 1 aliphatic heterocycles. The predicted molar refractivity (Wildman–Crippen MR) is 115 cm³/mol. The zero-order valence-electron chi connectivity index (χ0n) is 18.3. The van der Waals surface area contributed by atoms with E-state index in [9.17, 15) is 9.59 Å². The summed E-state index contributed by atoms with van der Waals surface area (Å²) in [7, 11) is 0. The minimum Gasteiger partial charge on any atom is -0.350 e. The highest BCUT2D eigenvalue weighted by Crippen LogP contribution is 2.67. The van der Waals surface area contributed by atoms with Crippen molar-refractivity contribution in [2.45, 2.75) is 64.8 Å². The molecule has 0 aromatic heterocycles. The quantitative estimate of drug-likeness (QED) is 0.467. The Morgan fingerprint density at radius 3 is 2.73 bits per heavy atom. The smallest absolute Gasteiger partial charge is 0.180 e. The van der Waals surface area contributed by atoms with Crippen molar-refractivity contribution in [2.75, 3.05) is 12.5 Å². The van der Waals surface area contributed by atoms with Gasteiger partial charge < -0.3 is 9.47 Å². The number of ether oxygens (including phenoxy) is 2. The largest absolute Gasteiger partial charge is 0.350 e. The van der Waals surface area contributed by atoms with Crippen molar-refractivity contribution in [3.05, 3.63) is 35.5 Å². The van der Waals surface area contributed by atoms with Gasteiger partial charge in [-0.05, 0) is 76.0 Å². The van der Waals surface area contributed by atoms with Crippen molar-refractivity contribution in [1.82, 2.24) is 0 Å². The van der Waals surface area contributed by atoms with E-state index in [1.165, 1.54) is 11.1 Å². The zero-order chi connectivity index (χ0) is 21.5. The Kier molecular flexibility index (Phi) is 4.41. The van der Waals surface area contributed by atoms with Gasteiger partial charge in [-0.15, -0.1) is 11.6 Å². The van der Waals surface area contributed by atoms with Gasteiger partial charge in [0.05, 0.1) is 12.5 Å². The average Bonchev–Trinajstić information content (AvgIpc) is 2.98. The summed E-state index contributed by atoms with van der Waals surface area (Å²) in [6.07, 6.45) is 11.4. The molecule has 2 unspecified atom stereocenters. The molecule has 5 rings (SSSR count). The van der Waals surface area contributed by atoms with E-state index < -0.39 is 11.4 Å². The average molecular weight is 431 g/mol. The number of ketones is 2. The van der Waals surface area contributed by atoms with Crippen LogP contribution < -0.4 is 0 Å². The maximum absolute atomic E-state index is 13.3. The summed E-state index contributed by atoms with van der Waals surface area (Å²) in [5.41, 5.74) is 1.08. The Labute approximate surface area is 183 Å². The van der Waals surface area contributed by atoms with Crippen LogP contribution in [-0.4, -0.2) is 35.4 Å². The summed E-state index contributed by atoms with van der Waals surface area (Å²) in [5, 5.41) is 0. The van der Waals surface area contributed by atoms with Crippen LogP contribution in [0.15, 0.2) is 35.5 Å². The summed E-state index contributed by atoms with van der Waals surface area (Å²) in [6, 6.07) is 0. The number of alkyl halides is 1. The second-order valence-electron chi connectivity index (χ2n) is 10.7. The monoisotopic (exact) mass is 430 g/mol. The van der Waals surface area contributed by atoms with E-state index in [0.717, 1.165) is 19.3 Å². The van der Waals surface area contributed by atoms with Gasteiger partial charge >= 0.3 is 0 Å². The van der Waals surface area contributed by atoms with Gasteiger partial charge in [0.1, 0.15) is 5.60 Å². The molecule has 4 aliphatic carbocycles. The highest BCUT2D eigenvalue weighted by atomic mass is 35.5. The first-order chi connectivity index (χ1) is 14.1. The lowest BCUT2D eigenvalue weighted by molar-refractivity contribution is -0.291. The fourth-order valence-electron chi connectivity index (χ4n) is 7.44. The second kappa shape index (κ2) is 6.40. The molecule has 0 spiro atoms. The maximum atomic E-state index is 13.3. The first kappa shape index (κ1) is 20.7. The Hall–Kier alpha value is -1.23. The Balaban J connectivity index is 1.72. The predicted octanol–water partition coefficient (Wildman–Crippen LogP) is 4.77.